The van der Waals surface area contributed by atoms with Crippen LogP contribution in [-0.4, -0.2) is 13.5 Å². The molecule has 2 unspecified atom stereocenters. The van der Waals surface area contributed by atoms with Gasteiger partial charge in [0, 0.05) is 17.0 Å². The monoisotopic (exact) mass is 139 g/mol. The zero-order valence-corrected chi connectivity index (χ0v) is 5.79. The minimum atomic E-state index is 0.614. The Hall–Kier alpha value is 0.300. The molecule has 0 bridgehead atoms. The normalized spacial score (nSPS) is 12.0. The van der Waals surface area contributed by atoms with Gasteiger partial charge in [-0.15, -0.1) is 0 Å². The molecule has 2 atom stereocenters. The first-order valence-corrected chi connectivity index (χ1v) is 4.19. The van der Waals surface area contributed by atoms with E-state index < -0.39 is 0 Å². The molecule has 0 fully saturated rings. The van der Waals surface area contributed by atoms with Crippen LogP contribution in [0.2, 0.25) is 0 Å². The predicted octanol–water partition coefficient (Wildman–Crippen LogP) is 1.50. The maximum atomic E-state index is 3.96. The molecule has 0 aromatic carbocycles. The van der Waals surface area contributed by atoms with E-state index in [1.165, 1.54) is 0 Å². The van der Waals surface area contributed by atoms with Crippen LogP contribution < -0.4 is 0 Å². The molecule has 0 aliphatic rings. The lowest BCUT2D eigenvalue weighted by molar-refractivity contribution is 1.69. The van der Waals surface area contributed by atoms with Crippen molar-refractivity contribution in [2.75, 3.05) is 0 Å². The molecule has 0 aliphatic heterocycles. The van der Waals surface area contributed by atoms with E-state index in [-0.39, 0.29) is 0 Å². The molecule has 0 aliphatic carbocycles. The molecule has 34 valence electrons. The summed E-state index contributed by atoms with van der Waals surface area (Å²) in [6, 6.07) is 0. The average molecular weight is 139 g/mol. The fourth-order valence-corrected chi connectivity index (χ4v) is 2.81. The smallest absolute Gasteiger partial charge is 0.138 e. The lowest BCUT2D eigenvalue weighted by atomic mass is 13.9. The SMILES string of the molecule is n1p[nH][pH][nH][pH]1. The minimum absolute atomic E-state index is 0.614. The van der Waals surface area contributed by atoms with Gasteiger partial charge in [-0.2, -0.15) is 4.51 Å². The van der Waals surface area contributed by atoms with Gasteiger partial charge in [-0.1, -0.05) is 0 Å². The second-order valence-corrected chi connectivity index (χ2v) is 4.04. The van der Waals surface area contributed by atoms with E-state index in [1.54, 1.807) is 0 Å². The fourth-order valence-electron chi connectivity index (χ4n) is 0.156. The zero-order chi connectivity index (χ0) is 4.24. The van der Waals surface area contributed by atoms with Crippen molar-refractivity contribution in [3.8, 4) is 0 Å². The number of nitrogens with zero attached hydrogens (tertiary/aromatic N) is 1. The van der Waals surface area contributed by atoms with Crippen LogP contribution in [-0.2, 0) is 0 Å². The summed E-state index contributed by atoms with van der Waals surface area (Å²) in [7, 11) is 2.36. The fraction of sp³-hybridized carbons (Fsp3) is 0. The highest BCUT2D eigenvalue weighted by Gasteiger charge is 1.55. The predicted molar refractivity (Wildman–Crippen MR) is 32.1 cm³/mol. The topological polar surface area (TPSA) is 44.5 Å². The molecule has 1 aromatic rings. The van der Waals surface area contributed by atoms with Crippen molar-refractivity contribution >= 4 is 25.5 Å². The second kappa shape index (κ2) is 2.47. The Morgan fingerprint density at radius 2 is 2.67 bits per heavy atom. The third-order valence-electron chi connectivity index (χ3n) is 0.324. The number of rotatable bonds is 0. The second-order valence-electron chi connectivity index (χ2n) is 0.674. The van der Waals surface area contributed by atoms with Crippen LogP contribution in [0.25, 0.3) is 0 Å². The van der Waals surface area contributed by atoms with E-state index in [9.17, 15) is 0 Å². The number of hydrogen-bond donors (Lipinski definition) is 2. The zero-order valence-electron chi connectivity index (χ0n) is 2.89. The molecule has 1 rings (SSSR count). The Morgan fingerprint density at radius 1 is 1.67 bits per heavy atom. The van der Waals surface area contributed by atoms with E-state index in [2.05, 4.69) is 13.5 Å². The summed E-state index contributed by atoms with van der Waals surface area (Å²) in [5.41, 5.74) is 0. The van der Waals surface area contributed by atoms with E-state index in [1.807, 2.05) is 0 Å². The summed E-state index contributed by atoms with van der Waals surface area (Å²) in [4.78, 5) is 0. The van der Waals surface area contributed by atoms with Gasteiger partial charge < -0.3 is 9.02 Å². The molecule has 1 heterocycles. The third kappa shape index (κ3) is 1.18. The van der Waals surface area contributed by atoms with Crippen LogP contribution in [0, 0.1) is 0 Å². The molecular weight excluding hydrogens is 135 g/mol. The van der Waals surface area contributed by atoms with Gasteiger partial charge in [-0.3, -0.25) is 0 Å². The van der Waals surface area contributed by atoms with Gasteiger partial charge in [0.25, 0.3) is 0 Å². The Kier molecular flexibility index (Phi) is 1.83. The van der Waals surface area contributed by atoms with Crippen LogP contribution in [0.3, 0.4) is 0 Å². The maximum absolute atomic E-state index is 3.96. The highest BCUT2D eigenvalue weighted by Crippen LogP contribution is 2.01. The highest BCUT2D eigenvalue weighted by molar-refractivity contribution is 7.43. The van der Waals surface area contributed by atoms with Crippen molar-refractivity contribution < 1.29 is 0 Å². The molecule has 0 saturated heterocycles. The third-order valence-corrected chi connectivity index (χ3v) is 2.92. The highest BCUT2D eigenvalue weighted by atomic mass is 31.1. The number of H-pyrrole nitrogens is 2. The Balaban J connectivity index is 3.00. The Labute approximate surface area is 39.9 Å². The van der Waals surface area contributed by atoms with Crippen LogP contribution >= 0.6 is 25.5 Å². The molecular formula is H4N3P3. The summed E-state index contributed by atoms with van der Waals surface area (Å²) in [5, 5.41) is 0. The number of nitrogens with one attached hydrogen (secondary N) is 2. The van der Waals surface area contributed by atoms with E-state index in [0.29, 0.717) is 17.0 Å². The summed E-state index contributed by atoms with van der Waals surface area (Å²) in [6.07, 6.45) is 0. The average Bonchev–Trinajstić information content (AvgIpc) is 1.72. The Morgan fingerprint density at radius 3 is 2.83 bits per heavy atom. The Bertz CT molecular complexity index is 78.0. The van der Waals surface area contributed by atoms with Gasteiger partial charge in [0.1, 0.15) is 8.51 Å². The number of aromatic amines is 2. The van der Waals surface area contributed by atoms with Crippen LogP contribution in [0.1, 0.15) is 0 Å². The molecule has 3 nitrogen and oxygen atoms in total. The standard InChI is InChI=1S/H4N3P3/c1-4-2-6-3-5-1/h1,4-5H,(H,2,3). The molecule has 0 spiro atoms. The number of hydrogen-bond acceptors (Lipinski definition) is 1. The van der Waals surface area contributed by atoms with Crippen LogP contribution in [0.5, 0.6) is 0 Å². The molecule has 6 heteroatoms. The maximum Gasteiger partial charge on any atom is 0.138 e. The molecule has 1 aromatic heterocycles. The van der Waals surface area contributed by atoms with Gasteiger partial charge in [0.05, 0.1) is 0 Å². The summed E-state index contributed by atoms with van der Waals surface area (Å²) in [5.74, 6) is 0. The first-order chi connectivity index (χ1) is 3.00. The lowest BCUT2D eigenvalue weighted by Gasteiger charge is -1.75. The number of aromatic nitrogens is 3. The summed E-state index contributed by atoms with van der Waals surface area (Å²) in [6.45, 7) is 0. The summed E-state index contributed by atoms with van der Waals surface area (Å²) >= 11 is 0. The lowest BCUT2D eigenvalue weighted by Crippen LogP contribution is -1.47. The van der Waals surface area contributed by atoms with Gasteiger partial charge in [0.15, 0.2) is 0 Å². The first-order valence-electron chi connectivity index (χ1n) is 1.40. The van der Waals surface area contributed by atoms with Crippen LogP contribution in [0.4, 0.5) is 0 Å². The quantitative estimate of drug-likeness (QED) is 0.561. The molecule has 0 saturated carbocycles. The van der Waals surface area contributed by atoms with E-state index in [4.69, 9.17) is 0 Å². The molecule has 0 radical (unpaired) electrons. The van der Waals surface area contributed by atoms with E-state index in [0.717, 1.165) is 8.51 Å². The minimum Gasteiger partial charge on any atom is -0.313 e. The van der Waals surface area contributed by atoms with E-state index >= 15 is 0 Å². The van der Waals surface area contributed by atoms with Crippen molar-refractivity contribution in [3.05, 3.63) is 0 Å². The summed E-state index contributed by atoms with van der Waals surface area (Å²) < 4.78 is 10.0. The molecule has 2 N–H and O–H groups in total. The van der Waals surface area contributed by atoms with Crippen molar-refractivity contribution in [1.29, 1.82) is 0 Å². The van der Waals surface area contributed by atoms with Crippen molar-refractivity contribution in [2.24, 2.45) is 0 Å². The van der Waals surface area contributed by atoms with Gasteiger partial charge in [-0.25, -0.2) is 0 Å². The first kappa shape index (κ1) is 4.46. The van der Waals surface area contributed by atoms with Crippen molar-refractivity contribution in [3.63, 3.8) is 0 Å². The van der Waals surface area contributed by atoms with Gasteiger partial charge in [-0.05, 0) is 0 Å². The van der Waals surface area contributed by atoms with Crippen LogP contribution in [0.15, 0.2) is 0 Å². The van der Waals surface area contributed by atoms with Gasteiger partial charge in [0.2, 0.25) is 0 Å². The molecule has 0 amide bonds. The largest absolute Gasteiger partial charge is 0.313 e. The molecule has 6 heavy (non-hydrogen) atoms. The van der Waals surface area contributed by atoms with Crippen molar-refractivity contribution in [2.45, 2.75) is 0 Å². The van der Waals surface area contributed by atoms with Crippen molar-refractivity contribution in [1.82, 2.24) is 13.5 Å². The van der Waals surface area contributed by atoms with Gasteiger partial charge >= 0.3 is 0 Å².